The molecule has 15 heavy (non-hydrogen) atoms. The third-order valence-corrected chi connectivity index (χ3v) is 4.80. The lowest BCUT2D eigenvalue weighted by Gasteiger charge is -2.37. The van der Waals surface area contributed by atoms with E-state index >= 15 is 0 Å². The summed E-state index contributed by atoms with van der Waals surface area (Å²) in [4.78, 5) is 0. The lowest BCUT2D eigenvalue weighted by Crippen LogP contribution is -2.39. The molecule has 0 aromatic carbocycles. The Labute approximate surface area is 95.0 Å². The first-order chi connectivity index (χ1) is 7.29. The quantitative estimate of drug-likeness (QED) is 0.733. The molecule has 1 heterocycles. The molecule has 88 valence electrons. The van der Waals surface area contributed by atoms with E-state index in [1.165, 1.54) is 51.5 Å². The van der Waals surface area contributed by atoms with Crippen molar-refractivity contribution in [2.45, 2.75) is 64.8 Å². The van der Waals surface area contributed by atoms with Crippen molar-refractivity contribution in [3.05, 3.63) is 0 Å². The first-order valence-electron chi connectivity index (χ1n) is 7.03. The van der Waals surface area contributed by atoms with Crippen LogP contribution in [0.25, 0.3) is 0 Å². The fourth-order valence-corrected chi connectivity index (χ4v) is 3.67. The second-order valence-electron chi connectivity index (χ2n) is 5.83. The highest BCUT2D eigenvalue weighted by atomic mass is 14.9. The minimum absolute atomic E-state index is 0.771. The molecule has 2 aliphatic rings. The van der Waals surface area contributed by atoms with E-state index in [0.29, 0.717) is 0 Å². The summed E-state index contributed by atoms with van der Waals surface area (Å²) < 4.78 is 0. The number of hydrogen-bond acceptors (Lipinski definition) is 1. The molecule has 1 aliphatic carbocycles. The zero-order valence-electron chi connectivity index (χ0n) is 10.5. The van der Waals surface area contributed by atoms with Gasteiger partial charge in [0.05, 0.1) is 0 Å². The van der Waals surface area contributed by atoms with Gasteiger partial charge in [-0.15, -0.1) is 0 Å². The molecule has 0 spiro atoms. The van der Waals surface area contributed by atoms with Crippen LogP contribution in [0.3, 0.4) is 0 Å². The number of piperidine rings is 1. The van der Waals surface area contributed by atoms with Gasteiger partial charge in [0.15, 0.2) is 0 Å². The van der Waals surface area contributed by atoms with Crippen LogP contribution in [0.5, 0.6) is 0 Å². The van der Waals surface area contributed by atoms with Crippen LogP contribution in [0.4, 0.5) is 0 Å². The topological polar surface area (TPSA) is 12.0 Å². The van der Waals surface area contributed by atoms with Gasteiger partial charge in [0.25, 0.3) is 0 Å². The SMILES string of the molecule is CCC1CCC(C2CCNC(C)C2)CC1. The summed E-state index contributed by atoms with van der Waals surface area (Å²) in [5.74, 6) is 3.16. The zero-order valence-corrected chi connectivity index (χ0v) is 10.5. The standard InChI is InChI=1S/C14H27N/c1-3-12-4-6-13(7-5-12)14-8-9-15-11(2)10-14/h11-15H,3-10H2,1-2H3. The Morgan fingerprint density at radius 1 is 1.00 bits per heavy atom. The van der Waals surface area contributed by atoms with E-state index in [2.05, 4.69) is 19.2 Å². The van der Waals surface area contributed by atoms with Gasteiger partial charge in [-0.25, -0.2) is 0 Å². The van der Waals surface area contributed by atoms with Gasteiger partial charge >= 0.3 is 0 Å². The predicted octanol–water partition coefficient (Wildman–Crippen LogP) is 3.59. The second kappa shape index (κ2) is 5.34. The molecule has 0 radical (unpaired) electrons. The lowest BCUT2D eigenvalue weighted by molar-refractivity contribution is 0.156. The fraction of sp³-hybridized carbons (Fsp3) is 1.00. The Morgan fingerprint density at radius 3 is 2.33 bits per heavy atom. The molecule has 1 saturated carbocycles. The highest BCUT2D eigenvalue weighted by molar-refractivity contribution is 4.83. The molecule has 2 unspecified atom stereocenters. The summed E-state index contributed by atoms with van der Waals surface area (Å²) in [6.45, 7) is 5.97. The first kappa shape index (κ1) is 11.4. The van der Waals surface area contributed by atoms with Gasteiger partial charge in [-0.2, -0.15) is 0 Å². The van der Waals surface area contributed by atoms with Crippen molar-refractivity contribution in [2.75, 3.05) is 6.54 Å². The lowest BCUT2D eigenvalue weighted by atomic mass is 9.71. The third-order valence-electron chi connectivity index (χ3n) is 4.80. The third kappa shape index (κ3) is 2.96. The maximum atomic E-state index is 3.57. The average Bonchev–Trinajstić information content (AvgIpc) is 2.29. The molecule has 0 bridgehead atoms. The van der Waals surface area contributed by atoms with Gasteiger partial charge in [0.2, 0.25) is 0 Å². The molecule has 2 atom stereocenters. The first-order valence-corrected chi connectivity index (χ1v) is 7.03. The van der Waals surface area contributed by atoms with E-state index < -0.39 is 0 Å². The molecule has 2 fully saturated rings. The van der Waals surface area contributed by atoms with Crippen LogP contribution >= 0.6 is 0 Å². The predicted molar refractivity (Wildman–Crippen MR) is 65.9 cm³/mol. The van der Waals surface area contributed by atoms with Gasteiger partial charge in [-0.3, -0.25) is 0 Å². The van der Waals surface area contributed by atoms with E-state index in [0.717, 1.165) is 23.8 Å². The monoisotopic (exact) mass is 209 g/mol. The van der Waals surface area contributed by atoms with E-state index in [-0.39, 0.29) is 0 Å². The summed E-state index contributed by atoms with van der Waals surface area (Å²) >= 11 is 0. The Morgan fingerprint density at radius 2 is 1.73 bits per heavy atom. The van der Waals surface area contributed by atoms with Crippen molar-refractivity contribution in [1.29, 1.82) is 0 Å². The van der Waals surface area contributed by atoms with Crippen LogP contribution in [0.15, 0.2) is 0 Å². The molecule has 1 nitrogen and oxygen atoms in total. The summed E-state index contributed by atoms with van der Waals surface area (Å²) in [7, 11) is 0. The number of hydrogen-bond donors (Lipinski definition) is 1. The van der Waals surface area contributed by atoms with E-state index in [1.54, 1.807) is 0 Å². The maximum Gasteiger partial charge on any atom is 0.00414 e. The molecular weight excluding hydrogens is 182 g/mol. The Balaban J connectivity index is 1.79. The molecule has 1 N–H and O–H groups in total. The molecule has 0 amide bonds. The number of rotatable bonds is 2. The van der Waals surface area contributed by atoms with Gasteiger partial charge < -0.3 is 5.32 Å². The van der Waals surface area contributed by atoms with E-state index in [4.69, 9.17) is 0 Å². The van der Waals surface area contributed by atoms with Crippen molar-refractivity contribution in [3.8, 4) is 0 Å². The number of nitrogens with one attached hydrogen (secondary N) is 1. The van der Waals surface area contributed by atoms with Crippen LogP contribution in [0.2, 0.25) is 0 Å². The van der Waals surface area contributed by atoms with Gasteiger partial charge in [0, 0.05) is 6.04 Å². The largest absolute Gasteiger partial charge is 0.314 e. The minimum Gasteiger partial charge on any atom is -0.314 e. The van der Waals surface area contributed by atoms with Crippen molar-refractivity contribution in [3.63, 3.8) is 0 Å². The van der Waals surface area contributed by atoms with Crippen molar-refractivity contribution >= 4 is 0 Å². The van der Waals surface area contributed by atoms with E-state index in [1.807, 2.05) is 0 Å². The second-order valence-corrected chi connectivity index (χ2v) is 5.83. The molecule has 0 aromatic heterocycles. The van der Waals surface area contributed by atoms with Crippen LogP contribution in [-0.2, 0) is 0 Å². The van der Waals surface area contributed by atoms with Gasteiger partial charge in [-0.1, -0.05) is 26.2 Å². The molecule has 1 heteroatoms. The molecule has 1 aliphatic heterocycles. The fourth-order valence-electron chi connectivity index (χ4n) is 3.67. The normalized spacial score (nSPS) is 42.8. The average molecular weight is 209 g/mol. The summed E-state index contributed by atoms with van der Waals surface area (Å²) in [6, 6.07) is 0.771. The Hall–Kier alpha value is -0.0400. The molecule has 2 rings (SSSR count). The highest BCUT2D eigenvalue weighted by Crippen LogP contribution is 2.38. The van der Waals surface area contributed by atoms with Crippen LogP contribution in [0, 0.1) is 17.8 Å². The highest BCUT2D eigenvalue weighted by Gasteiger charge is 2.29. The zero-order chi connectivity index (χ0) is 10.7. The van der Waals surface area contributed by atoms with E-state index in [9.17, 15) is 0 Å². The van der Waals surface area contributed by atoms with Gasteiger partial charge in [0.1, 0.15) is 0 Å². The maximum absolute atomic E-state index is 3.57. The molecule has 1 saturated heterocycles. The minimum atomic E-state index is 0.771. The molecule has 0 aromatic rings. The van der Waals surface area contributed by atoms with Crippen molar-refractivity contribution in [1.82, 2.24) is 5.32 Å². The van der Waals surface area contributed by atoms with Crippen LogP contribution in [-0.4, -0.2) is 12.6 Å². The van der Waals surface area contributed by atoms with Gasteiger partial charge in [-0.05, 0) is 56.9 Å². The van der Waals surface area contributed by atoms with Crippen molar-refractivity contribution in [2.24, 2.45) is 17.8 Å². The van der Waals surface area contributed by atoms with Crippen LogP contribution < -0.4 is 5.32 Å². The van der Waals surface area contributed by atoms with Crippen molar-refractivity contribution < 1.29 is 0 Å². The summed E-state index contributed by atoms with van der Waals surface area (Å²) in [5.41, 5.74) is 0. The molecular formula is C14H27N. The van der Waals surface area contributed by atoms with Crippen LogP contribution in [0.1, 0.15) is 58.8 Å². The Bertz CT molecular complexity index is 182. The smallest absolute Gasteiger partial charge is 0.00414 e. The summed E-state index contributed by atoms with van der Waals surface area (Å²) in [6.07, 6.45) is 10.4. The summed E-state index contributed by atoms with van der Waals surface area (Å²) in [5, 5.41) is 3.57. The Kier molecular flexibility index (Phi) is 4.07.